The van der Waals surface area contributed by atoms with Crippen molar-refractivity contribution in [2.75, 3.05) is 6.54 Å². The highest BCUT2D eigenvalue weighted by atomic mass is 16.2. The third-order valence-electron chi connectivity index (χ3n) is 3.82. The fraction of sp³-hybridized carbons (Fsp3) is 0.857. The van der Waals surface area contributed by atoms with Crippen molar-refractivity contribution >= 4 is 11.9 Å². The number of hydrogen-bond donors (Lipinski definition) is 3. The zero-order valence-electron chi connectivity index (χ0n) is 11.5. The van der Waals surface area contributed by atoms with Crippen molar-refractivity contribution < 1.29 is 9.59 Å². The fourth-order valence-electron chi connectivity index (χ4n) is 2.52. The second-order valence-corrected chi connectivity index (χ2v) is 5.72. The average Bonchev–Trinajstić information content (AvgIpc) is 3.11. The van der Waals surface area contributed by atoms with Gasteiger partial charge in [0.05, 0.1) is 6.54 Å². The lowest BCUT2D eigenvalue weighted by molar-refractivity contribution is -0.119. The number of carbonyl (C=O) groups excluding carboxylic acids is 2. The van der Waals surface area contributed by atoms with Crippen LogP contribution in [-0.2, 0) is 4.79 Å². The van der Waals surface area contributed by atoms with Crippen LogP contribution in [0, 0.1) is 0 Å². The van der Waals surface area contributed by atoms with Crippen molar-refractivity contribution in [2.45, 2.75) is 69.9 Å². The van der Waals surface area contributed by atoms with Crippen molar-refractivity contribution in [3.8, 4) is 0 Å². The van der Waals surface area contributed by atoms with Crippen LogP contribution < -0.4 is 16.0 Å². The van der Waals surface area contributed by atoms with Crippen molar-refractivity contribution in [1.29, 1.82) is 0 Å². The molecule has 5 heteroatoms. The maximum atomic E-state index is 11.6. The van der Waals surface area contributed by atoms with Gasteiger partial charge in [0.15, 0.2) is 0 Å². The van der Waals surface area contributed by atoms with E-state index in [-0.39, 0.29) is 24.5 Å². The molecular formula is C14H25N3O2. The van der Waals surface area contributed by atoms with Crippen LogP contribution in [0.15, 0.2) is 0 Å². The molecule has 3 N–H and O–H groups in total. The number of nitrogens with one attached hydrogen (secondary N) is 3. The van der Waals surface area contributed by atoms with Gasteiger partial charge in [0, 0.05) is 12.1 Å². The number of amides is 3. The van der Waals surface area contributed by atoms with E-state index in [1.807, 2.05) is 0 Å². The van der Waals surface area contributed by atoms with E-state index in [9.17, 15) is 9.59 Å². The minimum atomic E-state index is -0.355. The summed E-state index contributed by atoms with van der Waals surface area (Å²) in [6, 6.07) is 0.357. The van der Waals surface area contributed by atoms with E-state index >= 15 is 0 Å². The van der Waals surface area contributed by atoms with Crippen LogP contribution in [0.2, 0.25) is 0 Å². The molecule has 2 aliphatic carbocycles. The van der Waals surface area contributed by atoms with Crippen LogP contribution in [0.3, 0.4) is 0 Å². The molecule has 0 atom stereocenters. The highest BCUT2D eigenvalue weighted by Crippen LogP contribution is 2.18. The van der Waals surface area contributed by atoms with E-state index in [1.54, 1.807) is 0 Å². The van der Waals surface area contributed by atoms with Gasteiger partial charge in [-0.1, -0.05) is 32.1 Å². The summed E-state index contributed by atoms with van der Waals surface area (Å²) in [5.41, 5.74) is 0. The molecule has 2 saturated carbocycles. The molecule has 3 amide bonds. The quantitative estimate of drug-likeness (QED) is 0.726. The van der Waals surface area contributed by atoms with Crippen LogP contribution >= 0.6 is 0 Å². The molecule has 2 aliphatic rings. The summed E-state index contributed by atoms with van der Waals surface area (Å²) in [6.45, 7) is 0.239. The van der Waals surface area contributed by atoms with E-state index in [4.69, 9.17) is 0 Å². The minimum absolute atomic E-state index is 0.236. The van der Waals surface area contributed by atoms with E-state index in [2.05, 4.69) is 16.0 Å². The number of carbonyl (C=O) groups is 2. The summed E-state index contributed by atoms with van der Waals surface area (Å²) in [4.78, 5) is 23.0. The van der Waals surface area contributed by atoms with Gasteiger partial charge in [0.1, 0.15) is 0 Å². The van der Waals surface area contributed by atoms with Gasteiger partial charge < -0.3 is 10.6 Å². The Labute approximate surface area is 114 Å². The monoisotopic (exact) mass is 267 g/mol. The van der Waals surface area contributed by atoms with Crippen molar-refractivity contribution in [3.63, 3.8) is 0 Å². The molecule has 108 valence electrons. The molecule has 0 spiro atoms. The SMILES string of the molecule is O=C(CNC1CCCCCCC1)NC(=O)NC1CC1. The van der Waals surface area contributed by atoms with Gasteiger partial charge in [-0.15, -0.1) is 0 Å². The van der Waals surface area contributed by atoms with Crippen LogP contribution in [-0.4, -0.2) is 30.6 Å². The average molecular weight is 267 g/mol. The van der Waals surface area contributed by atoms with Crippen molar-refractivity contribution in [1.82, 2.24) is 16.0 Å². The van der Waals surface area contributed by atoms with Gasteiger partial charge in [-0.2, -0.15) is 0 Å². The lowest BCUT2D eigenvalue weighted by Crippen LogP contribution is -2.45. The smallest absolute Gasteiger partial charge is 0.321 e. The Morgan fingerprint density at radius 2 is 1.47 bits per heavy atom. The Balaban J connectivity index is 1.59. The fourth-order valence-corrected chi connectivity index (χ4v) is 2.52. The number of hydrogen-bond acceptors (Lipinski definition) is 3. The topological polar surface area (TPSA) is 70.2 Å². The zero-order valence-corrected chi connectivity index (χ0v) is 11.5. The molecule has 0 radical (unpaired) electrons. The predicted molar refractivity (Wildman–Crippen MR) is 73.8 cm³/mol. The Hall–Kier alpha value is -1.10. The first-order valence-electron chi connectivity index (χ1n) is 7.58. The normalized spacial score (nSPS) is 21.3. The summed E-state index contributed by atoms with van der Waals surface area (Å²) in [6.07, 6.45) is 10.8. The van der Waals surface area contributed by atoms with Gasteiger partial charge in [-0.05, 0) is 25.7 Å². The molecule has 2 fully saturated rings. The molecule has 0 aromatic heterocycles. The Morgan fingerprint density at radius 3 is 2.11 bits per heavy atom. The first-order valence-corrected chi connectivity index (χ1v) is 7.58. The second-order valence-electron chi connectivity index (χ2n) is 5.72. The van der Waals surface area contributed by atoms with Crippen LogP contribution in [0.4, 0.5) is 4.79 Å². The Bertz CT molecular complexity index is 308. The lowest BCUT2D eigenvalue weighted by atomic mass is 9.97. The molecule has 0 aliphatic heterocycles. The van der Waals surface area contributed by atoms with Gasteiger partial charge in [0.2, 0.25) is 5.91 Å². The standard InChI is InChI=1S/C14H25N3O2/c18-13(17-14(19)16-12-8-9-12)10-15-11-6-4-2-1-3-5-7-11/h11-12,15H,1-10H2,(H2,16,17,18,19). The number of rotatable bonds is 4. The molecule has 0 aromatic carbocycles. The van der Waals surface area contributed by atoms with Gasteiger partial charge in [-0.25, -0.2) is 4.79 Å². The summed E-state index contributed by atoms with van der Waals surface area (Å²) >= 11 is 0. The Morgan fingerprint density at radius 1 is 0.842 bits per heavy atom. The van der Waals surface area contributed by atoms with Crippen LogP contribution in [0.25, 0.3) is 0 Å². The van der Waals surface area contributed by atoms with Gasteiger partial charge in [0.25, 0.3) is 0 Å². The van der Waals surface area contributed by atoms with Crippen LogP contribution in [0.5, 0.6) is 0 Å². The van der Waals surface area contributed by atoms with E-state index in [0.717, 1.165) is 25.7 Å². The first-order chi connectivity index (χ1) is 9.24. The van der Waals surface area contributed by atoms with Crippen molar-refractivity contribution in [2.24, 2.45) is 0 Å². The zero-order chi connectivity index (χ0) is 13.5. The lowest BCUT2D eigenvalue weighted by Gasteiger charge is -2.20. The van der Waals surface area contributed by atoms with E-state index < -0.39 is 0 Å². The molecule has 0 heterocycles. The maximum absolute atomic E-state index is 11.6. The molecule has 5 nitrogen and oxygen atoms in total. The molecule has 19 heavy (non-hydrogen) atoms. The van der Waals surface area contributed by atoms with E-state index in [1.165, 1.54) is 32.1 Å². The second kappa shape index (κ2) is 7.48. The predicted octanol–water partition coefficient (Wildman–Crippen LogP) is 1.68. The summed E-state index contributed by atoms with van der Waals surface area (Å²) in [7, 11) is 0. The highest BCUT2D eigenvalue weighted by Gasteiger charge is 2.23. The Kier molecular flexibility index (Phi) is 5.63. The van der Waals surface area contributed by atoms with Crippen molar-refractivity contribution in [3.05, 3.63) is 0 Å². The molecule has 0 unspecified atom stereocenters. The number of imide groups is 1. The van der Waals surface area contributed by atoms with Gasteiger partial charge in [-0.3, -0.25) is 10.1 Å². The minimum Gasteiger partial charge on any atom is -0.335 e. The highest BCUT2D eigenvalue weighted by molar-refractivity contribution is 5.95. The summed E-state index contributed by atoms with van der Waals surface area (Å²) in [5, 5.41) is 8.38. The first kappa shape index (κ1) is 14.3. The molecule has 2 rings (SSSR count). The van der Waals surface area contributed by atoms with Gasteiger partial charge >= 0.3 is 6.03 Å². The molecule has 0 saturated heterocycles. The third kappa shape index (κ3) is 6.05. The largest absolute Gasteiger partial charge is 0.335 e. The summed E-state index contributed by atoms with van der Waals surface area (Å²) in [5.74, 6) is -0.236. The summed E-state index contributed by atoms with van der Waals surface area (Å²) < 4.78 is 0. The molecule has 0 bridgehead atoms. The number of urea groups is 1. The molecule has 0 aromatic rings. The maximum Gasteiger partial charge on any atom is 0.321 e. The molecular weight excluding hydrogens is 242 g/mol. The third-order valence-corrected chi connectivity index (χ3v) is 3.82. The van der Waals surface area contributed by atoms with E-state index in [0.29, 0.717) is 6.04 Å². The van der Waals surface area contributed by atoms with Crippen LogP contribution in [0.1, 0.15) is 57.8 Å².